The second kappa shape index (κ2) is 3.86. The van der Waals surface area contributed by atoms with E-state index in [0.29, 0.717) is 5.11 Å². The molecule has 1 N–H and O–H groups in total. The van der Waals surface area contributed by atoms with Crippen molar-refractivity contribution in [2.75, 3.05) is 14.1 Å². The molecule has 0 saturated heterocycles. The molecule has 0 aliphatic carbocycles. The number of hydrazone groups is 1. The number of hydrogen-bond acceptors (Lipinski definition) is 3. The molecule has 0 spiro atoms. The molecular weight excluding hydrogens is 208 g/mol. The van der Waals surface area contributed by atoms with Crippen molar-refractivity contribution in [2.24, 2.45) is 5.10 Å². The smallest absolute Gasteiger partial charge is 0.208 e. The third-order valence-electron chi connectivity index (χ3n) is 2.15. The SMILES string of the molecule is CN1N=C(c2ccccc2)N(C)NC1=S. The molecule has 1 heterocycles. The highest BCUT2D eigenvalue weighted by atomic mass is 32.1. The molecule has 0 atom stereocenters. The molecule has 0 aromatic heterocycles. The fourth-order valence-corrected chi connectivity index (χ4v) is 1.54. The van der Waals surface area contributed by atoms with E-state index in [1.807, 2.05) is 49.4 Å². The van der Waals surface area contributed by atoms with Crippen LogP contribution in [0.4, 0.5) is 0 Å². The Hall–Kier alpha value is -1.62. The predicted octanol–water partition coefficient (Wildman–Crippen LogP) is 1.01. The molecule has 2 rings (SSSR count). The van der Waals surface area contributed by atoms with E-state index in [1.54, 1.807) is 5.01 Å². The molecule has 0 saturated carbocycles. The number of rotatable bonds is 1. The van der Waals surface area contributed by atoms with Crippen molar-refractivity contribution >= 4 is 23.2 Å². The van der Waals surface area contributed by atoms with Gasteiger partial charge in [-0.3, -0.25) is 10.4 Å². The van der Waals surface area contributed by atoms with Crippen LogP contribution < -0.4 is 5.43 Å². The van der Waals surface area contributed by atoms with Crippen molar-refractivity contribution in [3.8, 4) is 0 Å². The molecule has 0 fully saturated rings. The maximum atomic E-state index is 5.07. The maximum Gasteiger partial charge on any atom is 0.208 e. The molecule has 0 bridgehead atoms. The summed E-state index contributed by atoms with van der Waals surface area (Å²) < 4.78 is 0. The highest BCUT2D eigenvalue weighted by molar-refractivity contribution is 7.80. The minimum Gasteiger partial charge on any atom is -0.271 e. The Morgan fingerprint density at radius 1 is 1.20 bits per heavy atom. The van der Waals surface area contributed by atoms with Crippen LogP contribution in [0.2, 0.25) is 0 Å². The quantitative estimate of drug-likeness (QED) is 0.716. The average Bonchev–Trinajstić information content (AvgIpc) is 2.25. The van der Waals surface area contributed by atoms with Crippen LogP contribution in [-0.2, 0) is 0 Å². The summed E-state index contributed by atoms with van der Waals surface area (Å²) in [5.74, 6) is 0.853. The molecule has 5 heteroatoms. The number of thiocarbonyl (C=S) groups is 1. The lowest BCUT2D eigenvalue weighted by atomic mass is 10.2. The number of hydrazine groups is 1. The van der Waals surface area contributed by atoms with Gasteiger partial charge in [-0.1, -0.05) is 30.3 Å². The standard InChI is InChI=1S/C10H12N4S/c1-13-9(8-6-4-3-5-7-8)11-14(2)10(15)12-13/h3-7H,1-2H3,(H,12,15). The summed E-state index contributed by atoms with van der Waals surface area (Å²) in [5, 5.41) is 8.45. The van der Waals surface area contributed by atoms with Gasteiger partial charge in [0.25, 0.3) is 0 Å². The third kappa shape index (κ3) is 1.92. The van der Waals surface area contributed by atoms with Crippen molar-refractivity contribution in [3.63, 3.8) is 0 Å². The highest BCUT2D eigenvalue weighted by Gasteiger charge is 2.18. The monoisotopic (exact) mass is 220 g/mol. The van der Waals surface area contributed by atoms with E-state index < -0.39 is 0 Å². The molecule has 4 nitrogen and oxygen atoms in total. The molecule has 15 heavy (non-hydrogen) atoms. The summed E-state index contributed by atoms with van der Waals surface area (Å²) >= 11 is 5.07. The van der Waals surface area contributed by atoms with Crippen molar-refractivity contribution in [2.45, 2.75) is 0 Å². The van der Waals surface area contributed by atoms with Gasteiger partial charge in [0.2, 0.25) is 5.11 Å². The largest absolute Gasteiger partial charge is 0.271 e. The number of nitrogens with one attached hydrogen (secondary N) is 1. The molecule has 78 valence electrons. The summed E-state index contributed by atoms with van der Waals surface area (Å²) in [4.78, 5) is 0. The molecule has 0 amide bonds. The van der Waals surface area contributed by atoms with E-state index in [1.165, 1.54) is 0 Å². The van der Waals surface area contributed by atoms with Gasteiger partial charge in [-0.05, 0) is 12.2 Å². The number of benzene rings is 1. The van der Waals surface area contributed by atoms with E-state index in [0.717, 1.165) is 11.4 Å². The van der Waals surface area contributed by atoms with Crippen LogP contribution in [0.25, 0.3) is 0 Å². The lowest BCUT2D eigenvalue weighted by Crippen LogP contribution is -2.52. The van der Waals surface area contributed by atoms with Gasteiger partial charge in [-0.15, -0.1) is 0 Å². The third-order valence-corrected chi connectivity index (χ3v) is 2.51. The summed E-state index contributed by atoms with van der Waals surface area (Å²) in [6, 6.07) is 9.98. The first-order valence-corrected chi connectivity index (χ1v) is 5.01. The fourth-order valence-electron chi connectivity index (χ4n) is 1.36. The van der Waals surface area contributed by atoms with Gasteiger partial charge in [0.05, 0.1) is 0 Å². The van der Waals surface area contributed by atoms with Crippen LogP contribution in [-0.4, -0.2) is 35.1 Å². The van der Waals surface area contributed by atoms with E-state index in [9.17, 15) is 0 Å². The van der Waals surface area contributed by atoms with Gasteiger partial charge < -0.3 is 0 Å². The van der Waals surface area contributed by atoms with E-state index in [2.05, 4.69) is 10.5 Å². The molecular formula is C10H12N4S. The van der Waals surface area contributed by atoms with Crippen LogP contribution in [0.3, 0.4) is 0 Å². The lowest BCUT2D eigenvalue weighted by molar-refractivity contribution is 0.369. The summed E-state index contributed by atoms with van der Waals surface area (Å²) in [7, 11) is 3.72. The molecule has 1 aliphatic heterocycles. The van der Waals surface area contributed by atoms with Crippen LogP contribution in [0, 0.1) is 0 Å². The van der Waals surface area contributed by atoms with E-state index in [4.69, 9.17) is 12.2 Å². The Balaban J connectivity index is 2.37. The Bertz CT molecular complexity index is 401. The zero-order valence-corrected chi connectivity index (χ0v) is 9.45. The van der Waals surface area contributed by atoms with Crippen molar-refractivity contribution in [1.29, 1.82) is 0 Å². The Morgan fingerprint density at radius 3 is 2.53 bits per heavy atom. The van der Waals surface area contributed by atoms with Crippen LogP contribution in [0.1, 0.15) is 5.56 Å². The van der Waals surface area contributed by atoms with Gasteiger partial charge in [0.15, 0.2) is 5.84 Å². The Kier molecular flexibility index (Phi) is 2.55. The zero-order valence-electron chi connectivity index (χ0n) is 8.64. The van der Waals surface area contributed by atoms with Gasteiger partial charge in [-0.25, -0.2) is 5.01 Å². The molecule has 0 radical (unpaired) electrons. The molecule has 1 aromatic rings. The van der Waals surface area contributed by atoms with Crippen molar-refractivity contribution in [1.82, 2.24) is 15.4 Å². The minimum atomic E-state index is 0.595. The normalized spacial score (nSPS) is 16.1. The minimum absolute atomic E-state index is 0.595. The summed E-state index contributed by atoms with van der Waals surface area (Å²) in [6.07, 6.45) is 0. The molecule has 1 aliphatic rings. The van der Waals surface area contributed by atoms with Crippen molar-refractivity contribution < 1.29 is 0 Å². The van der Waals surface area contributed by atoms with Gasteiger partial charge in [-0.2, -0.15) is 5.10 Å². The van der Waals surface area contributed by atoms with Crippen molar-refractivity contribution in [3.05, 3.63) is 35.9 Å². The number of nitrogens with zero attached hydrogens (tertiary/aromatic N) is 3. The molecule has 0 unspecified atom stereocenters. The number of amidine groups is 1. The highest BCUT2D eigenvalue weighted by Crippen LogP contribution is 2.08. The van der Waals surface area contributed by atoms with E-state index in [-0.39, 0.29) is 0 Å². The maximum absolute atomic E-state index is 5.07. The summed E-state index contributed by atoms with van der Waals surface area (Å²) in [6.45, 7) is 0. The first kappa shape index (κ1) is 9.92. The lowest BCUT2D eigenvalue weighted by Gasteiger charge is -2.31. The first-order chi connectivity index (χ1) is 7.18. The second-order valence-electron chi connectivity index (χ2n) is 3.29. The van der Waals surface area contributed by atoms with Crippen LogP contribution in [0.5, 0.6) is 0 Å². The second-order valence-corrected chi connectivity index (χ2v) is 3.68. The average molecular weight is 220 g/mol. The Labute approximate surface area is 94.1 Å². The zero-order chi connectivity index (χ0) is 10.8. The fraction of sp³-hybridized carbons (Fsp3) is 0.200. The first-order valence-electron chi connectivity index (χ1n) is 4.60. The topological polar surface area (TPSA) is 30.9 Å². The predicted molar refractivity (Wildman–Crippen MR) is 64.2 cm³/mol. The van der Waals surface area contributed by atoms with Crippen LogP contribution >= 0.6 is 12.2 Å². The number of hydrogen-bond donors (Lipinski definition) is 1. The van der Waals surface area contributed by atoms with Crippen LogP contribution in [0.15, 0.2) is 35.4 Å². The summed E-state index contributed by atoms with van der Waals surface area (Å²) in [5.41, 5.74) is 4.09. The van der Waals surface area contributed by atoms with Gasteiger partial charge >= 0.3 is 0 Å². The molecule has 1 aromatic carbocycles. The van der Waals surface area contributed by atoms with E-state index >= 15 is 0 Å². The Morgan fingerprint density at radius 2 is 1.87 bits per heavy atom. The van der Waals surface area contributed by atoms with Gasteiger partial charge in [0.1, 0.15) is 0 Å². The van der Waals surface area contributed by atoms with Gasteiger partial charge in [0, 0.05) is 19.7 Å².